The van der Waals surface area contributed by atoms with E-state index >= 15 is 0 Å². The number of aromatic nitrogens is 2. The summed E-state index contributed by atoms with van der Waals surface area (Å²) >= 11 is 0. The highest BCUT2D eigenvalue weighted by molar-refractivity contribution is 4.99. The summed E-state index contributed by atoms with van der Waals surface area (Å²) in [6, 6.07) is 5.83. The SMILES string of the molecule is c1ccn(Cc2ccon2)c1. The first-order chi connectivity index (χ1) is 5.45. The minimum atomic E-state index is 0.781. The summed E-state index contributed by atoms with van der Waals surface area (Å²) in [7, 11) is 0. The third kappa shape index (κ3) is 1.32. The number of rotatable bonds is 2. The Morgan fingerprint density at radius 1 is 1.36 bits per heavy atom. The lowest BCUT2D eigenvalue weighted by molar-refractivity contribution is 0.409. The van der Waals surface area contributed by atoms with Crippen LogP contribution in [0.25, 0.3) is 0 Å². The van der Waals surface area contributed by atoms with E-state index in [1.165, 1.54) is 0 Å². The summed E-state index contributed by atoms with van der Waals surface area (Å²) in [5.41, 5.74) is 0.946. The van der Waals surface area contributed by atoms with Crippen LogP contribution in [0.3, 0.4) is 0 Å². The van der Waals surface area contributed by atoms with Gasteiger partial charge in [0.05, 0.1) is 6.54 Å². The maximum Gasteiger partial charge on any atom is 0.124 e. The Morgan fingerprint density at radius 3 is 2.82 bits per heavy atom. The van der Waals surface area contributed by atoms with Crippen molar-refractivity contribution in [1.82, 2.24) is 9.72 Å². The molecule has 0 spiro atoms. The van der Waals surface area contributed by atoms with Crippen LogP contribution in [0.4, 0.5) is 0 Å². The van der Waals surface area contributed by atoms with Gasteiger partial charge in [0.1, 0.15) is 12.0 Å². The van der Waals surface area contributed by atoms with Gasteiger partial charge in [0.15, 0.2) is 0 Å². The Morgan fingerprint density at radius 2 is 2.18 bits per heavy atom. The zero-order chi connectivity index (χ0) is 7.52. The molecule has 0 amide bonds. The van der Waals surface area contributed by atoms with Crippen LogP contribution < -0.4 is 0 Å². The molecule has 2 aromatic rings. The average Bonchev–Trinajstić information content (AvgIpc) is 2.60. The first kappa shape index (κ1) is 6.22. The second kappa shape index (κ2) is 2.62. The first-order valence-corrected chi connectivity index (χ1v) is 3.45. The minimum absolute atomic E-state index is 0.781. The summed E-state index contributed by atoms with van der Waals surface area (Å²) in [5.74, 6) is 0. The van der Waals surface area contributed by atoms with Crippen molar-refractivity contribution in [3.05, 3.63) is 42.5 Å². The van der Waals surface area contributed by atoms with E-state index in [0.29, 0.717) is 0 Å². The van der Waals surface area contributed by atoms with E-state index in [-0.39, 0.29) is 0 Å². The van der Waals surface area contributed by atoms with Crippen molar-refractivity contribution in [2.24, 2.45) is 0 Å². The van der Waals surface area contributed by atoms with Crippen LogP contribution in [-0.4, -0.2) is 9.72 Å². The van der Waals surface area contributed by atoms with Gasteiger partial charge in [-0.15, -0.1) is 0 Å². The molecule has 0 N–H and O–H groups in total. The fraction of sp³-hybridized carbons (Fsp3) is 0.125. The molecule has 2 rings (SSSR count). The lowest BCUT2D eigenvalue weighted by Crippen LogP contribution is -1.95. The van der Waals surface area contributed by atoms with Crippen molar-refractivity contribution < 1.29 is 4.52 Å². The molecule has 0 saturated carbocycles. The molecule has 0 radical (unpaired) electrons. The molecule has 0 fully saturated rings. The zero-order valence-corrected chi connectivity index (χ0v) is 5.97. The monoisotopic (exact) mass is 148 g/mol. The molecule has 11 heavy (non-hydrogen) atoms. The summed E-state index contributed by atoms with van der Waals surface area (Å²) in [4.78, 5) is 0. The van der Waals surface area contributed by atoms with E-state index in [0.717, 1.165) is 12.2 Å². The van der Waals surface area contributed by atoms with Gasteiger partial charge in [-0.1, -0.05) is 5.16 Å². The first-order valence-electron chi connectivity index (χ1n) is 3.45. The van der Waals surface area contributed by atoms with Crippen LogP contribution in [0.5, 0.6) is 0 Å². The lowest BCUT2D eigenvalue weighted by Gasteiger charge is -1.95. The standard InChI is InChI=1S/C8H8N2O/c1-2-5-10(4-1)7-8-3-6-11-9-8/h1-6H,7H2. The van der Waals surface area contributed by atoms with Gasteiger partial charge in [-0.2, -0.15) is 0 Å². The molecule has 0 unspecified atom stereocenters. The quantitative estimate of drug-likeness (QED) is 0.646. The van der Waals surface area contributed by atoms with Crippen molar-refractivity contribution in [2.45, 2.75) is 6.54 Å². The fourth-order valence-electron chi connectivity index (χ4n) is 0.982. The van der Waals surface area contributed by atoms with E-state index in [1.54, 1.807) is 6.26 Å². The maximum atomic E-state index is 4.70. The molecular weight excluding hydrogens is 140 g/mol. The summed E-state index contributed by atoms with van der Waals surface area (Å²) in [6.07, 6.45) is 5.57. The second-order valence-electron chi connectivity index (χ2n) is 2.35. The highest BCUT2D eigenvalue weighted by Crippen LogP contribution is 1.98. The topological polar surface area (TPSA) is 31.0 Å². The van der Waals surface area contributed by atoms with Crippen LogP contribution >= 0.6 is 0 Å². The highest BCUT2D eigenvalue weighted by Gasteiger charge is 1.95. The van der Waals surface area contributed by atoms with Crippen molar-refractivity contribution in [2.75, 3.05) is 0 Å². The van der Waals surface area contributed by atoms with Crippen LogP contribution in [0.1, 0.15) is 5.69 Å². The molecule has 0 saturated heterocycles. The molecule has 0 aliphatic rings. The zero-order valence-electron chi connectivity index (χ0n) is 5.97. The van der Waals surface area contributed by atoms with E-state index in [1.807, 2.05) is 35.2 Å². The molecule has 3 nitrogen and oxygen atoms in total. The third-order valence-electron chi connectivity index (χ3n) is 1.50. The van der Waals surface area contributed by atoms with Gasteiger partial charge in [-0.25, -0.2) is 0 Å². The van der Waals surface area contributed by atoms with E-state index in [2.05, 4.69) is 5.16 Å². The molecule has 3 heteroatoms. The van der Waals surface area contributed by atoms with Gasteiger partial charge in [-0.3, -0.25) is 0 Å². The predicted octanol–water partition coefficient (Wildman–Crippen LogP) is 1.52. The summed E-state index contributed by atoms with van der Waals surface area (Å²) in [5, 5.41) is 3.80. The normalized spacial score (nSPS) is 10.2. The van der Waals surface area contributed by atoms with E-state index in [9.17, 15) is 0 Å². The summed E-state index contributed by atoms with van der Waals surface area (Å²) < 4.78 is 6.74. The van der Waals surface area contributed by atoms with E-state index in [4.69, 9.17) is 4.52 Å². The van der Waals surface area contributed by atoms with Crippen LogP contribution in [-0.2, 0) is 6.54 Å². The Bertz CT molecular complexity index is 264. The van der Waals surface area contributed by atoms with Gasteiger partial charge in [0, 0.05) is 18.5 Å². The Balaban J connectivity index is 2.14. The second-order valence-corrected chi connectivity index (χ2v) is 2.35. The number of hydrogen-bond acceptors (Lipinski definition) is 2. The fourth-order valence-corrected chi connectivity index (χ4v) is 0.982. The van der Waals surface area contributed by atoms with Crippen molar-refractivity contribution in [3.63, 3.8) is 0 Å². The molecule has 0 aliphatic heterocycles. The molecule has 0 aliphatic carbocycles. The molecule has 0 atom stereocenters. The predicted molar refractivity (Wildman–Crippen MR) is 40.0 cm³/mol. The van der Waals surface area contributed by atoms with Crippen LogP contribution in [0.2, 0.25) is 0 Å². The van der Waals surface area contributed by atoms with E-state index < -0.39 is 0 Å². The van der Waals surface area contributed by atoms with Gasteiger partial charge in [0.25, 0.3) is 0 Å². The summed E-state index contributed by atoms with van der Waals surface area (Å²) in [6.45, 7) is 0.781. The molecule has 56 valence electrons. The molecule has 0 bridgehead atoms. The number of nitrogens with zero attached hydrogens (tertiary/aromatic N) is 2. The maximum absolute atomic E-state index is 4.70. The van der Waals surface area contributed by atoms with Gasteiger partial charge in [-0.05, 0) is 12.1 Å². The minimum Gasteiger partial charge on any atom is -0.364 e. The molecule has 0 aromatic carbocycles. The van der Waals surface area contributed by atoms with Gasteiger partial charge >= 0.3 is 0 Å². The van der Waals surface area contributed by atoms with Crippen molar-refractivity contribution in [3.8, 4) is 0 Å². The average molecular weight is 148 g/mol. The molecule has 2 heterocycles. The Labute approximate surface area is 64.2 Å². The highest BCUT2D eigenvalue weighted by atomic mass is 16.5. The lowest BCUT2D eigenvalue weighted by atomic mass is 10.4. The smallest absolute Gasteiger partial charge is 0.124 e. The van der Waals surface area contributed by atoms with Crippen LogP contribution in [0, 0.1) is 0 Å². The van der Waals surface area contributed by atoms with Gasteiger partial charge in [0.2, 0.25) is 0 Å². The number of hydrogen-bond donors (Lipinski definition) is 0. The van der Waals surface area contributed by atoms with Crippen LogP contribution in [0.15, 0.2) is 41.4 Å². The molecule has 2 aromatic heterocycles. The Hall–Kier alpha value is -1.51. The molecular formula is C8H8N2O. The third-order valence-corrected chi connectivity index (χ3v) is 1.50. The Kier molecular flexibility index (Phi) is 1.48. The van der Waals surface area contributed by atoms with Crippen molar-refractivity contribution in [1.29, 1.82) is 0 Å². The largest absolute Gasteiger partial charge is 0.364 e. The van der Waals surface area contributed by atoms with Crippen molar-refractivity contribution >= 4 is 0 Å². The van der Waals surface area contributed by atoms with Gasteiger partial charge < -0.3 is 9.09 Å².